The maximum Gasteiger partial charge on any atom is 0.416 e. The molecule has 1 unspecified atom stereocenters. The highest BCUT2D eigenvalue weighted by molar-refractivity contribution is 5.94. The summed E-state index contributed by atoms with van der Waals surface area (Å²) in [7, 11) is 1.90. The van der Waals surface area contributed by atoms with E-state index in [0.29, 0.717) is 37.3 Å². The molecule has 10 heteroatoms. The smallest absolute Gasteiger partial charge is 0.370 e. The van der Waals surface area contributed by atoms with Crippen molar-refractivity contribution in [3.05, 3.63) is 71.4 Å². The zero-order valence-electron chi connectivity index (χ0n) is 18.2. The Kier molecular flexibility index (Phi) is 6.62. The van der Waals surface area contributed by atoms with Gasteiger partial charge in [-0.15, -0.1) is 10.2 Å². The van der Waals surface area contributed by atoms with E-state index in [-0.39, 0.29) is 11.5 Å². The van der Waals surface area contributed by atoms with Gasteiger partial charge in [-0.1, -0.05) is 18.2 Å². The molecule has 1 amide bonds. The van der Waals surface area contributed by atoms with Gasteiger partial charge in [0.15, 0.2) is 0 Å². The molecule has 3 aromatic rings. The van der Waals surface area contributed by atoms with Crippen LogP contribution in [-0.4, -0.2) is 43.6 Å². The average molecular weight is 458 g/mol. The molecule has 1 aliphatic heterocycles. The molecule has 2 aromatic heterocycles. The first-order valence-electron chi connectivity index (χ1n) is 10.8. The van der Waals surface area contributed by atoms with Crippen LogP contribution in [0.5, 0.6) is 0 Å². The lowest BCUT2D eigenvalue weighted by Crippen LogP contribution is -2.31. The molecule has 4 rings (SSSR count). The van der Waals surface area contributed by atoms with E-state index in [0.717, 1.165) is 24.7 Å². The van der Waals surface area contributed by atoms with E-state index in [1.807, 2.05) is 11.6 Å². The number of aryl methyl sites for hydroxylation is 2. The van der Waals surface area contributed by atoms with Gasteiger partial charge in [0.2, 0.25) is 0 Å². The Labute approximate surface area is 189 Å². The fraction of sp³-hybridized carbons (Fsp3) is 0.391. The van der Waals surface area contributed by atoms with Crippen LogP contribution in [0.25, 0.3) is 0 Å². The molecule has 3 heterocycles. The number of hydrogen-bond acceptors (Lipinski definition) is 5. The van der Waals surface area contributed by atoms with Crippen LogP contribution in [0.2, 0.25) is 0 Å². The Hall–Kier alpha value is -3.43. The van der Waals surface area contributed by atoms with Gasteiger partial charge in [-0.25, -0.2) is 4.98 Å². The van der Waals surface area contributed by atoms with E-state index in [4.69, 9.17) is 0 Å². The number of rotatable bonds is 7. The molecule has 1 fully saturated rings. The number of halogens is 3. The number of carbonyl (C=O) groups is 1. The predicted molar refractivity (Wildman–Crippen MR) is 117 cm³/mol. The molecule has 0 radical (unpaired) electrons. The third kappa shape index (κ3) is 5.15. The molecular formula is C23H25F3N6O. The van der Waals surface area contributed by atoms with Crippen molar-refractivity contribution < 1.29 is 18.0 Å². The van der Waals surface area contributed by atoms with Crippen LogP contribution in [0.15, 0.2) is 48.9 Å². The first-order chi connectivity index (χ1) is 15.8. The van der Waals surface area contributed by atoms with E-state index in [1.54, 1.807) is 24.5 Å². The van der Waals surface area contributed by atoms with Gasteiger partial charge in [-0.2, -0.15) is 13.2 Å². The van der Waals surface area contributed by atoms with Crippen LogP contribution in [0, 0.1) is 0 Å². The van der Waals surface area contributed by atoms with E-state index in [1.165, 1.54) is 23.2 Å². The highest BCUT2D eigenvalue weighted by Gasteiger charge is 2.39. The number of aromatic nitrogens is 4. The minimum Gasteiger partial charge on any atom is -0.370 e. The van der Waals surface area contributed by atoms with Gasteiger partial charge < -0.3 is 14.8 Å². The van der Waals surface area contributed by atoms with Crippen LogP contribution in [0.4, 0.5) is 19.0 Å². The number of likely N-dealkylation sites (tertiary alicyclic amines) is 1. The third-order valence-electron chi connectivity index (χ3n) is 5.84. The van der Waals surface area contributed by atoms with E-state index < -0.39 is 17.8 Å². The summed E-state index contributed by atoms with van der Waals surface area (Å²) in [4.78, 5) is 18.9. The number of carbonyl (C=O) groups excluding carboxylic acids is 1. The van der Waals surface area contributed by atoms with E-state index in [2.05, 4.69) is 20.5 Å². The second-order valence-electron chi connectivity index (χ2n) is 8.06. The summed E-state index contributed by atoms with van der Waals surface area (Å²) in [5.41, 5.74) is -0.185. The highest BCUT2D eigenvalue weighted by atomic mass is 19.4. The number of hydrogen-bond donors (Lipinski definition) is 1. The standard InChI is InChI=1S/C23H25F3N6O/c1-31-15-29-30-21(31)9-4-12-27-20-11-10-16(14-28-20)22(33)32-13-5-8-19(32)17-6-2-3-7-18(17)23(24,25)26/h2-3,6-7,10-11,14-15,19H,4-5,8-9,12-13H2,1H3,(H,27,28). The first-order valence-corrected chi connectivity index (χ1v) is 10.8. The van der Waals surface area contributed by atoms with Crippen molar-refractivity contribution in [2.75, 3.05) is 18.4 Å². The minimum atomic E-state index is -4.46. The van der Waals surface area contributed by atoms with Gasteiger partial charge in [0, 0.05) is 32.8 Å². The Morgan fingerprint density at radius 2 is 2.03 bits per heavy atom. The summed E-state index contributed by atoms with van der Waals surface area (Å²) in [5.74, 6) is 1.22. The fourth-order valence-corrected chi connectivity index (χ4v) is 4.17. The van der Waals surface area contributed by atoms with Crippen LogP contribution in [0.1, 0.15) is 52.6 Å². The molecular weight excluding hydrogens is 433 g/mol. The molecule has 0 bridgehead atoms. The summed E-state index contributed by atoms with van der Waals surface area (Å²) < 4.78 is 42.4. The molecule has 1 aliphatic rings. The summed E-state index contributed by atoms with van der Waals surface area (Å²) in [6.45, 7) is 1.09. The number of nitrogens with zero attached hydrogens (tertiary/aromatic N) is 5. The van der Waals surface area contributed by atoms with Crippen molar-refractivity contribution in [2.45, 2.75) is 37.9 Å². The number of anilines is 1. The number of amides is 1. The van der Waals surface area contributed by atoms with Crippen LogP contribution in [0.3, 0.4) is 0 Å². The van der Waals surface area contributed by atoms with Crippen molar-refractivity contribution in [3.8, 4) is 0 Å². The van der Waals surface area contributed by atoms with Gasteiger partial charge in [0.1, 0.15) is 18.0 Å². The monoisotopic (exact) mass is 458 g/mol. The molecule has 0 spiro atoms. The maximum atomic E-state index is 13.5. The lowest BCUT2D eigenvalue weighted by molar-refractivity contribution is -0.138. The van der Waals surface area contributed by atoms with Crippen LogP contribution < -0.4 is 5.32 Å². The minimum absolute atomic E-state index is 0.144. The first kappa shape index (κ1) is 22.8. The summed E-state index contributed by atoms with van der Waals surface area (Å²) in [6, 6.07) is 8.26. The normalized spacial score (nSPS) is 16.2. The van der Waals surface area contributed by atoms with Crippen LogP contribution >= 0.6 is 0 Å². The molecule has 33 heavy (non-hydrogen) atoms. The second-order valence-corrected chi connectivity index (χ2v) is 8.06. The molecule has 1 saturated heterocycles. The number of pyridine rings is 1. The van der Waals surface area contributed by atoms with Crippen molar-refractivity contribution in [1.82, 2.24) is 24.6 Å². The lowest BCUT2D eigenvalue weighted by atomic mass is 9.97. The summed E-state index contributed by atoms with van der Waals surface area (Å²) in [6.07, 6.45) is 1.43. The van der Waals surface area contributed by atoms with Gasteiger partial charge in [0.25, 0.3) is 5.91 Å². The molecule has 174 valence electrons. The van der Waals surface area contributed by atoms with Gasteiger partial charge in [-0.3, -0.25) is 4.79 Å². The maximum absolute atomic E-state index is 13.5. The highest BCUT2D eigenvalue weighted by Crippen LogP contribution is 2.40. The van der Waals surface area contributed by atoms with Crippen molar-refractivity contribution >= 4 is 11.7 Å². The molecule has 1 aromatic carbocycles. The fourth-order valence-electron chi connectivity index (χ4n) is 4.17. The number of alkyl halides is 3. The zero-order valence-corrected chi connectivity index (χ0v) is 18.2. The quantitative estimate of drug-likeness (QED) is 0.536. The largest absolute Gasteiger partial charge is 0.416 e. The third-order valence-corrected chi connectivity index (χ3v) is 5.84. The van der Waals surface area contributed by atoms with Crippen molar-refractivity contribution in [3.63, 3.8) is 0 Å². The van der Waals surface area contributed by atoms with E-state index >= 15 is 0 Å². The van der Waals surface area contributed by atoms with Gasteiger partial charge in [0.05, 0.1) is 17.2 Å². The zero-order chi connectivity index (χ0) is 23.4. The Morgan fingerprint density at radius 1 is 1.21 bits per heavy atom. The molecule has 7 nitrogen and oxygen atoms in total. The second kappa shape index (κ2) is 9.60. The Morgan fingerprint density at radius 3 is 2.73 bits per heavy atom. The predicted octanol–water partition coefficient (Wildman–Crippen LogP) is 4.25. The van der Waals surface area contributed by atoms with Gasteiger partial charge >= 0.3 is 6.18 Å². The average Bonchev–Trinajstić information content (AvgIpc) is 3.45. The molecule has 0 aliphatic carbocycles. The summed E-state index contributed by atoms with van der Waals surface area (Å²) >= 11 is 0. The van der Waals surface area contributed by atoms with Gasteiger partial charge in [-0.05, 0) is 43.0 Å². The number of nitrogens with one attached hydrogen (secondary N) is 1. The Balaban J connectivity index is 1.39. The molecule has 1 atom stereocenters. The summed E-state index contributed by atoms with van der Waals surface area (Å²) in [5, 5.41) is 11.1. The van der Waals surface area contributed by atoms with Crippen molar-refractivity contribution in [1.29, 1.82) is 0 Å². The van der Waals surface area contributed by atoms with Crippen LogP contribution in [-0.2, 0) is 19.6 Å². The number of benzene rings is 1. The van der Waals surface area contributed by atoms with Crippen molar-refractivity contribution in [2.24, 2.45) is 7.05 Å². The molecule has 0 saturated carbocycles. The lowest BCUT2D eigenvalue weighted by Gasteiger charge is -2.27. The Bertz CT molecular complexity index is 1100. The topological polar surface area (TPSA) is 75.9 Å². The van der Waals surface area contributed by atoms with E-state index in [9.17, 15) is 18.0 Å². The SMILES string of the molecule is Cn1cnnc1CCCNc1ccc(C(=O)N2CCCC2c2ccccc2C(F)(F)F)cn1. The molecule has 1 N–H and O–H groups in total.